The largest absolute Gasteiger partial charge is 1.00 e. The Balaban J connectivity index is 0. The molecule has 0 aliphatic rings. The molecule has 1 unspecified atom stereocenters. The van der Waals surface area contributed by atoms with E-state index in [2.05, 4.69) is 16.6 Å². The van der Waals surface area contributed by atoms with Crippen LogP contribution in [-0.4, -0.2) is 42.3 Å². The topological polar surface area (TPSA) is 103 Å². The van der Waals surface area contributed by atoms with E-state index in [4.69, 9.17) is 5.73 Å². The quantitative estimate of drug-likeness (QED) is 0.105. The van der Waals surface area contributed by atoms with Crippen LogP contribution in [0.15, 0.2) is 59.1 Å². The van der Waals surface area contributed by atoms with Gasteiger partial charge in [0.2, 0.25) is 5.91 Å². The molecule has 17 heteroatoms. The maximum atomic E-state index is 14.9. The summed E-state index contributed by atoms with van der Waals surface area (Å²) >= 11 is 0. The first-order valence-electron chi connectivity index (χ1n) is 16.0. The number of carbonyl (C=O) groups excluding carboxylic acids is 2. The zero-order valence-corrected chi connectivity index (χ0v) is 38.3. The summed E-state index contributed by atoms with van der Waals surface area (Å²) in [6.07, 6.45) is -8.34. The van der Waals surface area contributed by atoms with Crippen LogP contribution < -0.4 is 85.5 Å². The van der Waals surface area contributed by atoms with Crippen molar-refractivity contribution in [3.05, 3.63) is 105 Å². The summed E-state index contributed by atoms with van der Waals surface area (Å²) < 4.78 is 127. The Bertz CT molecular complexity index is 1700. The number of pyridine rings is 1. The van der Waals surface area contributed by atoms with Gasteiger partial charge in [-0.15, -0.1) is 0 Å². The van der Waals surface area contributed by atoms with Crippen LogP contribution >= 0.6 is 0 Å². The van der Waals surface area contributed by atoms with E-state index in [-0.39, 0.29) is 130 Å². The molecule has 0 fully saturated rings. The molecule has 0 aliphatic heterocycles. The van der Waals surface area contributed by atoms with E-state index >= 15 is 0 Å². The number of alkyl halides is 7. The normalized spacial score (nSPS) is 13.0. The van der Waals surface area contributed by atoms with Crippen LogP contribution in [0.3, 0.4) is 0 Å². The summed E-state index contributed by atoms with van der Waals surface area (Å²) in [4.78, 5) is 35.0. The average molecular weight is 902 g/mol. The van der Waals surface area contributed by atoms with Gasteiger partial charge in [0.05, 0.1) is 24.2 Å². The predicted octanol–water partition coefficient (Wildman–Crippen LogP) is 6.02. The number of nitrogens with one attached hydrogen (secondary N) is 1. The minimum Gasteiger partial charge on any atom is -0.466 e. The Morgan fingerprint density at radius 1 is 1.00 bits per heavy atom. The first kappa shape index (κ1) is 53.8. The second kappa shape index (κ2) is 23.1. The summed E-state index contributed by atoms with van der Waals surface area (Å²) in [6, 6.07) is 0.830. The molecule has 0 saturated heterocycles. The Hall–Kier alpha value is -2.29. The molecular formula is C37H47CsF9N3O4. The minimum atomic E-state index is -4.71. The molecule has 0 saturated carbocycles. The fraction of sp³-hybridized carbons (Fsp3) is 0.459. The number of nitrogens with two attached hydrogens (primary N) is 1. The van der Waals surface area contributed by atoms with Crippen molar-refractivity contribution in [1.82, 2.24) is 9.88 Å². The summed E-state index contributed by atoms with van der Waals surface area (Å²) in [7, 11) is 1.57. The number of carbonyl (C=O) groups is 2. The maximum absolute atomic E-state index is 14.9. The van der Waals surface area contributed by atoms with E-state index in [9.17, 15) is 53.9 Å². The van der Waals surface area contributed by atoms with Crippen molar-refractivity contribution in [2.24, 2.45) is 5.73 Å². The molecule has 1 aromatic carbocycles. The Morgan fingerprint density at radius 2 is 1.54 bits per heavy atom. The van der Waals surface area contributed by atoms with E-state index in [1.54, 1.807) is 20.9 Å². The second-order valence-electron chi connectivity index (χ2n) is 12.6. The number of ether oxygens (including phenoxy) is 1. The van der Waals surface area contributed by atoms with Crippen LogP contribution in [-0.2, 0) is 33.1 Å². The molecule has 3 N–H and O–H groups in total. The van der Waals surface area contributed by atoms with Gasteiger partial charge in [0.25, 0.3) is 5.56 Å². The third-order valence-electron chi connectivity index (χ3n) is 7.30. The summed E-state index contributed by atoms with van der Waals surface area (Å²) in [6.45, 7) is 12.3. The summed E-state index contributed by atoms with van der Waals surface area (Å²) in [5.74, 6) is -4.07. The number of aromatic nitrogens is 1. The van der Waals surface area contributed by atoms with Gasteiger partial charge in [-0.2, -0.15) is 26.3 Å². The number of nitrogens with zero attached hydrogens (tertiary/aromatic N) is 1. The zero-order chi connectivity index (χ0) is 40.4. The van der Waals surface area contributed by atoms with E-state index in [0.29, 0.717) is 11.6 Å². The molecule has 7 nitrogen and oxygen atoms in total. The Kier molecular flexibility index (Phi) is 23.0. The number of amides is 1. The third-order valence-corrected chi connectivity index (χ3v) is 7.30. The van der Waals surface area contributed by atoms with Gasteiger partial charge in [0, 0.05) is 30.7 Å². The van der Waals surface area contributed by atoms with Gasteiger partial charge in [-0.25, -0.2) is 13.2 Å². The molecule has 2 aromatic rings. The van der Waals surface area contributed by atoms with Crippen LogP contribution in [0.5, 0.6) is 0 Å². The number of benzene rings is 1. The Labute approximate surface area is 369 Å². The van der Waals surface area contributed by atoms with Crippen LogP contribution in [0.2, 0.25) is 0 Å². The van der Waals surface area contributed by atoms with E-state index in [1.165, 1.54) is 33.8 Å². The van der Waals surface area contributed by atoms with Crippen LogP contribution in [0.25, 0.3) is 5.57 Å². The summed E-state index contributed by atoms with van der Waals surface area (Å²) in [5, 5.41) is 2.71. The number of allylic oxidation sites excluding steroid dienone is 5. The Morgan fingerprint density at radius 3 is 1.94 bits per heavy atom. The van der Waals surface area contributed by atoms with Crippen molar-refractivity contribution >= 4 is 17.4 Å². The monoisotopic (exact) mass is 901 g/mol. The number of hydrogen-bond donors (Lipinski definition) is 2. The van der Waals surface area contributed by atoms with Gasteiger partial charge in [0.1, 0.15) is 17.5 Å². The first-order valence-corrected chi connectivity index (χ1v) is 16.0. The number of esters is 1. The molecule has 0 spiro atoms. The van der Waals surface area contributed by atoms with E-state index in [1.807, 2.05) is 0 Å². The average Bonchev–Trinajstić information content (AvgIpc) is 2.99. The number of hydrogen-bond acceptors (Lipinski definition) is 5. The molecule has 0 radical (unpaired) electrons. The second-order valence-corrected chi connectivity index (χ2v) is 12.6. The van der Waals surface area contributed by atoms with Crippen molar-refractivity contribution in [3.8, 4) is 0 Å². The minimum absolute atomic E-state index is 0. The molecule has 1 aromatic heterocycles. The van der Waals surface area contributed by atoms with Crippen LogP contribution in [0, 0.1) is 21.3 Å². The summed E-state index contributed by atoms with van der Waals surface area (Å²) in [5.41, 5.74) is 0.863. The van der Waals surface area contributed by atoms with Crippen molar-refractivity contribution < 1.29 is 123 Å². The van der Waals surface area contributed by atoms with Gasteiger partial charge in [-0.1, -0.05) is 12.2 Å². The van der Waals surface area contributed by atoms with Crippen molar-refractivity contribution in [3.63, 3.8) is 0 Å². The molecule has 298 valence electrons. The zero-order valence-electron chi connectivity index (χ0n) is 32.0. The predicted molar refractivity (Wildman–Crippen MR) is 187 cm³/mol. The molecule has 1 amide bonds. The fourth-order valence-electron chi connectivity index (χ4n) is 5.10. The maximum Gasteiger partial charge on any atom is 1.00 e. The molecule has 2 rings (SSSR count). The van der Waals surface area contributed by atoms with Gasteiger partial charge in [-0.05, 0) is 102 Å². The smallest absolute Gasteiger partial charge is 0.466 e. The molecular weight excluding hydrogens is 854 g/mol. The van der Waals surface area contributed by atoms with E-state index < -0.39 is 77.1 Å². The third kappa shape index (κ3) is 17.2. The molecule has 0 aliphatic carbocycles. The molecule has 54 heavy (non-hydrogen) atoms. The number of rotatable bonds is 14. The van der Waals surface area contributed by atoms with Gasteiger partial charge >= 0.3 is 87.2 Å². The van der Waals surface area contributed by atoms with Gasteiger partial charge < -0.3 is 27.8 Å². The number of primary amides is 1. The molecule has 1 atom stereocenters. The van der Waals surface area contributed by atoms with Gasteiger partial charge in [-0.3, -0.25) is 14.4 Å². The number of halogens is 9. The van der Waals surface area contributed by atoms with Crippen LogP contribution in [0.4, 0.5) is 39.5 Å². The first-order chi connectivity index (χ1) is 23.7. The molecule has 0 bridgehead atoms. The number of likely N-dealkylation sites (N-methyl/N-ethyl adjacent to an activating group) is 1. The van der Waals surface area contributed by atoms with Crippen molar-refractivity contribution in [2.45, 2.75) is 91.3 Å². The van der Waals surface area contributed by atoms with E-state index in [0.717, 1.165) is 22.9 Å². The van der Waals surface area contributed by atoms with Crippen LogP contribution in [0.1, 0.15) is 86.4 Å². The van der Waals surface area contributed by atoms with Crippen molar-refractivity contribution in [2.75, 3.05) is 20.2 Å². The van der Waals surface area contributed by atoms with Gasteiger partial charge in [0.15, 0.2) is 5.83 Å². The standard InChI is InChI=1S/C21H23F5O2.C15H21F4N3O2.CH3.Cs/c1-6-28-18(27)8-7-17(22)20(23)16(9-12(2)3)19-13(4)10-15(11-14(19)5)21(24,25)26;1-14(2,16)7-11(13(20)24)22-8-9(4-5-21-3)10(6-12(22)23)15(17,18)19;;/h9-11H,2,6-8H2,1,3-5H3;6,8,11,21H,4-5,7H2,1-3H3,(H2,20,24);1H3;/q;;-1;+1/b16-9-,20-17+;;;. The fourth-order valence-corrected chi connectivity index (χ4v) is 5.10. The van der Waals surface area contributed by atoms with Crippen molar-refractivity contribution in [1.29, 1.82) is 0 Å². The molecule has 1 heterocycles. The SMILES string of the molecule is C=C(C)/C=C(\C(F)=C(/F)CCC(=O)OCC)c1c(C)cc(C(F)(F)F)cc1C.CNCCc1cn(C(CC(C)(C)F)C(N)=O)c(=O)cc1C(F)(F)F.[CH3-].[Cs+]. The number of aryl methyl sites for hydroxylation is 2.